The molecule has 0 fully saturated rings. The molecule has 0 heterocycles. The summed E-state index contributed by atoms with van der Waals surface area (Å²) >= 11 is 0. The van der Waals surface area contributed by atoms with E-state index in [0.29, 0.717) is 17.7 Å². The lowest BCUT2D eigenvalue weighted by molar-refractivity contribution is -0.116. The summed E-state index contributed by atoms with van der Waals surface area (Å²) in [6.07, 6.45) is 1.15. The Balaban J connectivity index is 2.00. The van der Waals surface area contributed by atoms with Gasteiger partial charge in [0.15, 0.2) is 0 Å². The summed E-state index contributed by atoms with van der Waals surface area (Å²) in [5, 5.41) is 11.8. The highest BCUT2D eigenvalue weighted by Gasteiger charge is 2.07. The fraction of sp³-hybridized carbons (Fsp3) is 0.222. The van der Waals surface area contributed by atoms with Crippen LogP contribution in [-0.2, 0) is 11.2 Å². The summed E-state index contributed by atoms with van der Waals surface area (Å²) in [6, 6.07) is 15.5. The number of nitrogens with one attached hydrogen (secondary N) is 1. The molecular formula is C18H18N2O. The number of aryl methyl sites for hydroxylation is 3. The van der Waals surface area contributed by atoms with Crippen LogP contribution in [0.2, 0.25) is 0 Å². The summed E-state index contributed by atoms with van der Waals surface area (Å²) in [7, 11) is 0. The average Bonchev–Trinajstić information content (AvgIpc) is 2.48. The van der Waals surface area contributed by atoms with Gasteiger partial charge in [-0.1, -0.05) is 30.3 Å². The maximum atomic E-state index is 12.1. The molecule has 0 saturated carbocycles. The van der Waals surface area contributed by atoms with Gasteiger partial charge in [-0.3, -0.25) is 4.79 Å². The third kappa shape index (κ3) is 3.93. The Morgan fingerprint density at radius 3 is 2.62 bits per heavy atom. The third-order valence-electron chi connectivity index (χ3n) is 3.52. The van der Waals surface area contributed by atoms with Crippen LogP contribution in [0.3, 0.4) is 0 Å². The number of carbonyl (C=O) groups is 1. The second kappa shape index (κ2) is 6.71. The summed E-state index contributed by atoms with van der Waals surface area (Å²) in [5.41, 5.74) is 4.61. The van der Waals surface area contributed by atoms with E-state index >= 15 is 0 Å². The Bertz CT molecular complexity index is 699. The van der Waals surface area contributed by atoms with Gasteiger partial charge in [0.25, 0.3) is 0 Å². The molecule has 0 bridgehead atoms. The number of nitriles is 1. The molecule has 0 unspecified atom stereocenters. The summed E-state index contributed by atoms with van der Waals surface area (Å²) in [4.78, 5) is 12.1. The summed E-state index contributed by atoms with van der Waals surface area (Å²) in [5.74, 6) is -0.0311. The van der Waals surface area contributed by atoms with Crippen LogP contribution in [0.4, 0.5) is 5.69 Å². The van der Waals surface area contributed by atoms with E-state index in [4.69, 9.17) is 5.26 Å². The SMILES string of the molecule is Cc1ccccc1CCC(=O)Nc1cc(C#N)ccc1C. The first-order valence-electron chi connectivity index (χ1n) is 6.95. The van der Waals surface area contributed by atoms with Gasteiger partial charge < -0.3 is 5.32 Å². The van der Waals surface area contributed by atoms with Gasteiger partial charge in [-0.05, 0) is 49.1 Å². The van der Waals surface area contributed by atoms with E-state index in [1.165, 1.54) is 11.1 Å². The fourth-order valence-corrected chi connectivity index (χ4v) is 2.18. The minimum Gasteiger partial charge on any atom is -0.326 e. The first-order valence-corrected chi connectivity index (χ1v) is 6.95. The minimum absolute atomic E-state index is 0.0311. The van der Waals surface area contributed by atoms with Crippen LogP contribution in [0.5, 0.6) is 0 Å². The maximum absolute atomic E-state index is 12.1. The summed E-state index contributed by atoms with van der Waals surface area (Å²) < 4.78 is 0. The first-order chi connectivity index (χ1) is 10.1. The van der Waals surface area contributed by atoms with Crippen molar-refractivity contribution in [1.82, 2.24) is 0 Å². The van der Waals surface area contributed by atoms with Crippen molar-refractivity contribution < 1.29 is 4.79 Å². The molecule has 3 heteroatoms. The zero-order valence-electron chi connectivity index (χ0n) is 12.3. The molecule has 1 N–H and O–H groups in total. The Morgan fingerprint density at radius 1 is 1.14 bits per heavy atom. The van der Waals surface area contributed by atoms with Crippen molar-refractivity contribution in [1.29, 1.82) is 5.26 Å². The Labute approximate surface area is 125 Å². The second-order valence-electron chi connectivity index (χ2n) is 5.12. The molecule has 106 valence electrons. The Morgan fingerprint density at radius 2 is 1.90 bits per heavy atom. The molecule has 0 aliphatic heterocycles. The van der Waals surface area contributed by atoms with Crippen molar-refractivity contribution in [2.75, 3.05) is 5.32 Å². The van der Waals surface area contributed by atoms with Crippen LogP contribution in [0.15, 0.2) is 42.5 Å². The second-order valence-corrected chi connectivity index (χ2v) is 5.12. The van der Waals surface area contributed by atoms with Crippen molar-refractivity contribution in [3.63, 3.8) is 0 Å². The largest absolute Gasteiger partial charge is 0.326 e. The van der Waals surface area contributed by atoms with E-state index in [1.54, 1.807) is 12.1 Å². The van der Waals surface area contributed by atoms with Crippen LogP contribution in [-0.4, -0.2) is 5.91 Å². The molecule has 0 aliphatic carbocycles. The molecular weight excluding hydrogens is 260 g/mol. The number of anilines is 1. The third-order valence-corrected chi connectivity index (χ3v) is 3.52. The monoisotopic (exact) mass is 278 g/mol. The molecule has 21 heavy (non-hydrogen) atoms. The highest BCUT2D eigenvalue weighted by molar-refractivity contribution is 5.91. The predicted octanol–water partition coefficient (Wildman–Crippen LogP) is 3.75. The van der Waals surface area contributed by atoms with E-state index in [2.05, 4.69) is 11.4 Å². The number of carbonyl (C=O) groups excluding carboxylic acids is 1. The lowest BCUT2D eigenvalue weighted by atomic mass is 10.0. The van der Waals surface area contributed by atoms with Gasteiger partial charge in [0, 0.05) is 12.1 Å². The van der Waals surface area contributed by atoms with E-state index in [9.17, 15) is 4.79 Å². The number of rotatable bonds is 4. The van der Waals surface area contributed by atoms with Gasteiger partial charge in [0.1, 0.15) is 0 Å². The van der Waals surface area contributed by atoms with Gasteiger partial charge in [0.2, 0.25) is 5.91 Å². The number of amides is 1. The fourth-order valence-electron chi connectivity index (χ4n) is 2.18. The van der Waals surface area contributed by atoms with Crippen LogP contribution >= 0.6 is 0 Å². The van der Waals surface area contributed by atoms with E-state index in [-0.39, 0.29) is 5.91 Å². The topological polar surface area (TPSA) is 52.9 Å². The Hall–Kier alpha value is -2.60. The van der Waals surface area contributed by atoms with Crippen molar-refractivity contribution >= 4 is 11.6 Å². The molecule has 2 aromatic rings. The molecule has 0 spiro atoms. The standard InChI is InChI=1S/C18H18N2O/c1-13-5-3-4-6-16(13)9-10-18(21)20-17-11-15(12-19)8-7-14(17)2/h3-8,11H,9-10H2,1-2H3,(H,20,21). The molecule has 3 nitrogen and oxygen atoms in total. The average molecular weight is 278 g/mol. The van der Waals surface area contributed by atoms with Crippen LogP contribution in [0.25, 0.3) is 0 Å². The maximum Gasteiger partial charge on any atom is 0.224 e. The first kappa shape index (κ1) is 14.8. The van der Waals surface area contributed by atoms with Gasteiger partial charge in [0.05, 0.1) is 11.6 Å². The predicted molar refractivity (Wildman–Crippen MR) is 84.0 cm³/mol. The van der Waals surface area contributed by atoms with Crippen molar-refractivity contribution in [2.45, 2.75) is 26.7 Å². The quantitative estimate of drug-likeness (QED) is 0.926. The Kier molecular flexibility index (Phi) is 4.73. The molecule has 0 aromatic heterocycles. The van der Waals surface area contributed by atoms with Crippen molar-refractivity contribution in [2.24, 2.45) is 0 Å². The van der Waals surface area contributed by atoms with Gasteiger partial charge >= 0.3 is 0 Å². The van der Waals surface area contributed by atoms with E-state index in [1.807, 2.05) is 44.2 Å². The molecule has 1 amide bonds. The number of benzene rings is 2. The van der Waals surface area contributed by atoms with E-state index in [0.717, 1.165) is 12.0 Å². The van der Waals surface area contributed by atoms with Gasteiger partial charge in [-0.15, -0.1) is 0 Å². The molecule has 0 radical (unpaired) electrons. The smallest absolute Gasteiger partial charge is 0.224 e. The highest BCUT2D eigenvalue weighted by atomic mass is 16.1. The van der Waals surface area contributed by atoms with Crippen LogP contribution in [0, 0.1) is 25.2 Å². The van der Waals surface area contributed by atoms with Crippen molar-refractivity contribution in [3.8, 4) is 6.07 Å². The lowest BCUT2D eigenvalue weighted by Gasteiger charge is -2.09. The number of hydrogen-bond donors (Lipinski definition) is 1. The number of hydrogen-bond acceptors (Lipinski definition) is 2. The van der Waals surface area contributed by atoms with Gasteiger partial charge in [-0.25, -0.2) is 0 Å². The molecule has 2 aromatic carbocycles. The lowest BCUT2D eigenvalue weighted by Crippen LogP contribution is -2.13. The number of nitrogens with zero attached hydrogens (tertiary/aromatic N) is 1. The molecule has 0 atom stereocenters. The van der Waals surface area contributed by atoms with E-state index < -0.39 is 0 Å². The van der Waals surface area contributed by atoms with Gasteiger partial charge in [-0.2, -0.15) is 5.26 Å². The summed E-state index contributed by atoms with van der Waals surface area (Å²) in [6.45, 7) is 3.96. The van der Waals surface area contributed by atoms with Crippen LogP contribution in [0.1, 0.15) is 28.7 Å². The normalized spacial score (nSPS) is 9.95. The molecule has 0 saturated heterocycles. The zero-order valence-corrected chi connectivity index (χ0v) is 12.3. The minimum atomic E-state index is -0.0311. The van der Waals surface area contributed by atoms with Crippen molar-refractivity contribution in [3.05, 3.63) is 64.7 Å². The molecule has 2 rings (SSSR count). The van der Waals surface area contributed by atoms with Crippen LogP contribution < -0.4 is 5.32 Å². The zero-order chi connectivity index (χ0) is 15.2. The highest BCUT2D eigenvalue weighted by Crippen LogP contribution is 2.17. The molecule has 0 aliphatic rings.